The summed E-state index contributed by atoms with van der Waals surface area (Å²) >= 11 is 5.34. The van der Waals surface area contributed by atoms with Crippen molar-refractivity contribution in [1.82, 2.24) is 0 Å². The predicted molar refractivity (Wildman–Crippen MR) is 85.2 cm³/mol. The number of rotatable bonds is 1. The first-order valence-electron chi connectivity index (χ1n) is 6.79. The van der Waals surface area contributed by atoms with Gasteiger partial charge in [-0.3, -0.25) is 0 Å². The van der Waals surface area contributed by atoms with Crippen molar-refractivity contribution in [2.45, 2.75) is 12.6 Å². The Morgan fingerprint density at radius 2 is 1.86 bits per heavy atom. The second kappa shape index (κ2) is 5.61. The molecule has 0 fully saturated rings. The summed E-state index contributed by atoms with van der Waals surface area (Å²) in [5.74, 6) is 0. The van der Waals surface area contributed by atoms with E-state index in [-0.39, 0.29) is 0 Å². The van der Waals surface area contributed by atoms with Gasteiger partial charge in [-0.15, -0.1) is 0 Å². The van der Waals surface area contributed by atoms with Crippen LogP contribution in [0.1, 0.15) is 11.1 Å². The SMILES string of the molecule is FC(F)(F)c1cccc(NC(=S)N2CCc3ccccc32)c1. The topological polar surface area (TPSA) is 15.3 Å². The number of para-hydroxylation sites is 1. The molecule has 2 aromatic rings. The summed E-state index contributed by atoms with van der Waals surface area (Å²) in [4.78, 5) is 1.91. The van der Waals surface area contributed by atoms with E-state index in [1.165, 1.54) is 11.6 Å². The lowest BCUT2D eigenvalue weighted by atomic mass is 10.2. The van der Waals surface area contributed by atoms with E-state index >= 15 is 0 Å². The van der Waals surface area contributed by atoms with Crippen LogP contribution < -0.4 is 10.2 Å². The number of benzene rings is 2. The molecule has 0 amide bonds. The van der Waals surface area contributed by atoms with Gasteiger partial charge in [0.15, 0.2) is 5.11 Å². The average Bonchev–Trinajstić information content (AvgIpc) is 2.90. The molecule has 6 heteroatoms. The van der Waals surface area contributed by atoms with Gasteiger partial charge in [0.2, 0.25) is 0 Å². The lowest BCUT2D eigenvalue weighted by Crippen LogP contribution is -2.33. The highest BCUT2D eigenvalue weighted by Crippen LogP contribution is 2.31. The van der Waals surface area contributed by atoms with Crippen molar-refractivity contribution in [1.29, 1.82) is 0 Å². The lowest BCUT2D eigenvalue weighted by molar-refractivity contribution is -0.137. The van der Waals surface area contributed by atoms with E-state index in [4.69, 9.17) is 12.2 Å². The van der Waals surface area contributed by atoms with Gasteiger partial charge in [0, 0.05) is 17.9 Å². The quantitative estimate of drug-likeness (QED) is 0.780. The van der Waals surface area contributed by atoms with Gasteiger partial charge >= 0.3 is 6.18 Å². The van der Waals surface area contributed by atoms with Gasteiger partial charge in [0.25, 0.3) is 0 Å². The van der Waals surface area contributed by atoms with Crippen LogP contribution in [0.15, 0.2) is 48.5 Å². The standard InChI is InChI=1S/C16H13F3N2S/c17-16(18,19)12-5-3-6-13(10-12)20-15(22)21-9-8-11-4-1-2-7-14(11)21/h1-7,10H,8-9H2,(H,20,22). The highest BCUT2D eigenvalue weighted by Gasteiger charge is 2.30. The molecule has 0 radical (unpaired) electrons. The molecule has 0 saturated carbocycles. The molecule has 0 atom stereocenters. The van der Waals surface area contributed by atoms with Crippen LogP contribution in [0, 0.1) is 0 Å². The molecule has 2 aromatic carbocycles. The van der Waals surface area contributed by atoms with Crippen LogP contribution in [0.2, 0.25) is 0 Å². The predicted octanol–water partition coefficient (Wildman–Crippen LogP) is 4.46. The molecule has 1 N–H and O–H groups in total. The molecule has 3 rings (SSSR count). The Labute approximate surface area is 131 Å². The van der Waals surface area contributed by atoms with Gasteiger partial charge in [-0.2, -0.15) is 13.2 Å². The third-order valence-corrected chi connectivity index (χ3v) is 3.90. The summed E-state index contributed by atoms with van der Waals surface area (Å²) in [6, 6.07) is 12.9. The fraction of sp³-hybridized carbons (Fsp3) is 0.188. The van der Waals surface area contributed by atoms with E-state index in [1.54, 1.807) is 6.07 Å². The second-order valence-corrected chi connectivity index (χ2v) is 5.43. The molecule has 0 aromatic heterocycles. The lowest BCUT2D eigenvalue weighted by Gasteiger charge is -2.21. The van der Waals surface area contributed by atoms with Gasteiger partial charge in [0.1, 0.15) is 0 Å². The third kappa shape index (κ3) is 2.92. The molecular weight excluding hydrogens is 309 g/mol. The van der Waals surface area contributed by atoms with Crippen LogP contribution in [-0.4, -0.2) is 11.7 Å². The fourth-order valence-electron chi connectivity index (χ4n) is 2.51. The van der Waals surface area contributed by atoms with Crippen molar-refractivity contribution in [2.75, 3.05) is 16.8 Å². The minimum atomic E-state index is -4.36. The maximum atomic E-state index is 12.7. The normalized spacial score (nSPS) is 13.9. The molecule has 22 heavy (non-hydrogen) atoms. The Hall–Kier alpha value is -2.08. The van der Waals surface area contributed by atoms with E-state index in [0.29, 0.717) is 10.8 Å². The van der Waals surface area contributed by atoms with Crippen LogP contribution in [0.3, 0.4) is 0 Å². The van der Waals surface area contributed by atoms with Crippen molar-refractivity contribution in [3.63, 3.8) is 0 Å². The van der Waals surface area contributed by atoms with Crippen molar-refractivity contribution >= 4 is 28.7 Å². The van der Waals surface area contributed by atoms with Crippen LogP contribution >= 0.6 is 12.2 Å². The summed E-state index contributed by atoms with van der Waals surface area (Å²) < 4.78 is 38.2. The fourth-order valence-corrected chi connectivity index (χ4v) is 2.82. The summed E-state index contributed by atoms with van der Waals surface area (Å²) in [6.07, 6.45) is -3.49. The van der Waals surface area contributed by atoms with Gasteiger partial charge in [-0.05, 0) is 48.5 Å². The second-order valence-electron chi connectivity index (χ2n) is 5.04. The Balaban J connectivity index is 1.79. The monoisotopic (exact) mass is 322 g/mol. The highest BCUT2D eigenvalue weighted by molar-refractivity contribution is 7.80. The molecular formula is C16H13F3N2S. The van der Waals surface area contributed by atoms with Crippen LogP contribution in [0.5, 0.6) is 0 Å². The van der Waals surface area contributed by atoms with Crippen LogP contribution in [-0.2, 0) is 12.6 Å². The number of nitrogens with one attached hydrogen (secondary N) is 1. The molecule has 0 spiro atoms. The van der Waals surface area contributed by atoms with Crippen molar-refractivity contribution in [2.24, 2.45) is 0 Å². The molecule has 1 heterocycles. The number of hydrogen-bond acceptors (Lipinski definition) is 1. The smallest absolute Gasteiger partial charge is 0.332 e. The number of halogens is 3. The van der Waals surface area contributed by atoms with E-state index in [9.17, 15) is 13.2 Å². The Bertz CT molecular complexity index is 713. The van der Waals surface area contributed by atoms with Gasteiger partial charge in [0.05, 0.1) is 5.56 Å². The number of hydrogen-bond donors (Lipinski definition) is 1. The van der Waals surface area contributed by atoms with E-state index in [2.05, 4.69) is 5.32 Å². The van der Waals surface area contributed by atoms with E-state index < -0.39 is 11.7 Å². The molecule has 0 aliphatic carbocycles. The first-order chi connectivity index (χ1) is 10.4. The average molecular weight is 322 g/mol. The van der Waals surface area contributed by atoms with Gasteiger partial charge in [-0.25, -0.2) is 0 Å². The maximum Gasteiger partial charge on any atom is 0.416 e. The molecule has 0 saturated heterocycles. The third-order valence-electron chi connectivity index (χ3n) is 3.57. The van der Waals surface area contributed by atoms with Crippen LogP contribution in [0.4, 0.5) is 24.5 Å². The summed E-state index contributed by atoms with van der Waals surface area (Å²) in [6.45, 7) is 0.726. The van der Waals surface area contributed by atoms with E-state index in [0.717, 1.165) is 30.8 Å². The first kappa shape index (κ1) is 14.8. The number of fused-ring (bicyclic) bond motifs is 1. The zero-order valence-corrected chi connectivity index (χ0v) is 12.3. The first-order valence-corrected chi connectivity index (χ1v) is 7.20. The Kier molecular flexibility index (Phi) is 3.78. The number of alkyl halides is 3. The molecule has 0 unspecified atom stereocenters. The highest BCUT2D eigenvalue weighted by atomic mass is 32.1. The van der Waals surface area contributed by atoms with Crippen molar-refractivity contribution in [3.05, 3.63) is 59.7 Å². The Morgan fingerprint density at radius 3 is 2.64 bits per heavy atom. The zero-order chi connectivity index (χ0) is 15.7. The Morgan fingerprint density at radius 1 is 1.09 bits per heavy atom. The summed E-state index contributed by atoms with van der Waals surface area (Å²) in [7, 11) is 0. The van der Waals surface area contributed by atoms with Gasteiger partial charge in [-0.1, -0.05) is 24.3 Å². The van der Waals surface area contributed by atoms with Crippen molar-refractivity contribution < 1.29 is 13.2 Å². The summed E-state index contributed by atoms with van der Waals surface area (Å²) in [5.41, 5.74) is 1.84. The molecule has 1 aliphatic rings. The van der Waals surface area contributed by atoms with Crippen LogP contribution in [0.25, 0.3) is 0 Å². The molecule has 114 valence electrons. The summed E-state index contributed by atoms with van der Waals surface area (Å²) in [5, 5.41) is 3.30. The maximum absolute atomic E-state index is 12.7. The number of nitrogens with zero attached hydrogens (tertiary/aromatic N) is 1. The number of thiocarbonyl (C=S) groups is 1. The molecule has 0 bridgehead atoms. The largest absolute Gasteiger partial charge is 0.416 e. The molecule has 1 aliphatic heterocycles. The number of anilines is 2. The van der Waals surface area contributed by atoms with Crippen molar-refractivity contribution in [3.8, 4) is 0 Å². The zero-order valence-electron chi connectivity index (χ0n) is 11.5. The minimum Gasteiger partial charge on any atom is -0.332 e. The minimum absolute atomic E-state index is 0.337. The van der Waals surface area contributed by atoms with E-state index in [1.807, 2.05) is 29.2 Å². The van der Waals surface area contributed by atoms with Gasteiger partial charge < -0.3 is 10.2 Å². The molecule has 2 nitrogen and oxygen atoms in total.